The van der Waals surface area contributed by atoms with E-state index in [-0.39, 0.29) is 18.5 Å². The molecule has 1 aliphatic rings. The fourth-order valence-corrected chi connectivity index (χ4v) is 4.41. The van der Waals surface area contributed by atoms with Crippen LogP contribution < -0.4 is 4.74 Å². The van der Waals surface area contributed by atoms with E-state index in [1.165, 1.54) is 0 Å². The summed E-state index contributed by atoms with van der Waals surface area (Å²) in [6.45, 7) is 0.769. The fourth-order valence-electron chi connectivity index (χ4n) is 3.88. The Balaban J connectivity index is 1.50. The van der Waals surface area contributed by atoms with Gasteiger partial charge in [-0.05, 0) is 54.7 Å². The molecule has 0 saturated carbocycles. The van der Waals surface area contributed by atoms with E-state index in [0.717, 1.165) is 42.7 Å². The van der Waals surface area contributed by atoms with Crippen LogP contribution in [0.5, 0.6) is 5.75 Å². The molecular formula is C24H26Cl2N2O3. The van der Waals surface area contributed by atoms with Crippen molar-refractivity contribution in [2.45, 2.75) is 50.7 Å². The van der Waals surface area contributed by atoms with Crippen LogP contribution in [0.15, 0.2) is 61.2 Å². The molecule has 4 rings (SSSR count). The van der Waals surface area contributed by atoms with Gasteiger partial charge in [0.15, 0.2) is 6.29 Å². The Hall–Kier alpha value is -2.05. The molecule has 1 aromatic heterocycles. The maximum Gasteiger partial charge on any atom is 0.158 e. The van der Waals surface area contributed by atoms with Crippen LogP contribution in [-0.2, 0) is 22.4 Å². The van der Waals surface area contributed by atoms with Crippen molar-refractivity contribution in [2.24, 2.45) is 0 Å². The third-order valence-electron chi connectivity index (χ3n) is 5.49. The highest BCUT2D eigenvalue weighted by molar-refractivity contribution is 6.35. The van der Waals surface area contributed by atoms with E-state index >= 15 is 0 Å². The first-order valence-electron chi connectivity index (χ1n) is 10.5. The largest absolute Gasteiger partial charge is 0.497 e. The van der Waals surface area contributed by atoms with Crippen LogP contribution in [0.1, 0.15) is 36.5 Å². The molecule has 1 saturated heterocycles. The van der Waals surface area contributed by atoms with Gasteiger partial charge in [-0.3, -0.25) is 0 Å². The molecular weight excluding hydrogens is 435 g/mol. The average Bonchev–Trinajstić information content (AvgIpc) is 3.27. The molecule has 0 amide bonds. The lowest BCUT2D eigenvalue weighted by atomic mass is 10.0. The summed E-state index contributed by atoms with van der Waals surface area (Å²) in [5.41, 5.74) is 2.03. The highest BCUT2D eigenvalue weighted by Gasteiger charge is 2.27. The van der Waals surface area contributed by atoms with Crippen molar-refractivity contribution in [1.82, 2.24) is 9.55 Å². The zero-order valence-corrected chi connectivity index (χ0v) is 18.9. The number of imidazole rings is 1. The molecule has 2 heterocycles. The highest BCUT2D eigenvalue weighted by Crippen LogP contribution is 2.34. The van der Waals surface area contributed by atoms with Crippen LogP contribution in [0.2, 0.25) is 10.0 Å². The molecule has 0 aliphatic carbocycles. The minimum Gasteiger partial charge on any atom is -0.497 e. The lowest BCUT2D eigenvalue weighted by Gasteiger charge is -2.33. The molecule has 2 aromatic carbocycles. The summed E-state index contributed by atoms with van der Waals surface area (Å²) >= 11 is 12.7. The number of aromatic nitrogens is 2. The molecule has 3 unspecified atom stereocenters. The summed E-state index contributed by atoms with van der Waals surface area (Å²) in [6.07, 6.45) is 8.66. The van der Waals surface area contributed by atoms with E-state index in [1.54, 1.807) is 19.4 Å². The monoisotopic (exact) mass is 460 g/mol. The van der Waals surface area contributed by atoms with Crippen molar-refractivity contribution in [1.29, 1.82) is 0 Å². The van der Waals surface area contributed by atoms with Crippen molar-refractivity contribution in [3.8, 4) is 5.75 Å². The second-order valence-corrected chi connectivity index (χ2v) is 8.56. The molecule has 31 heavy (non-hydrogen) atoms. The minimum absolute atomic E-state index is 0.0928. The second kappa shape index (κ2) is 10.5. The Morgan fingerprint density at radius 2 is 2.00 bits per heavy atom. The molecule has 0 N–H and O–H groups in total. The first-order chi connectivity index (χ1) is 15.1. The molecule has 0 bridgehead atoms. The van der Waals surface area contributed by atoms with Crippen LogP contribution in [0.3, 0.4) is 0 Å². The van der Waals surface area contributed by atoms with E-state index in [9.17, 15) is 0 Å². The highest BCUT2D eigenvalue weighted by atomic mass is 35.5. The summed E-state index contributed by atoms with van der Waals surface area (Å²) in [5.74, 6) is 0.823. The lowest BCUT2D eigenvalue weighted by molar-refractivity contribution is -0.218. The number of hydrogen-bond acceptors (Lipinski definition) is 4. The lowest BCUT2D eigenvalue weighted by Crippen LogP contribution is -2.33. The van der Waals surface area contributed by atoms with Gasteiger partial charge in [0, 0.05) is 35.4 Å². The van der Waals surface area contributed by atoms with E-state index < -0.39 is 0 Å². The number of ether oxygens (including phenoxy) is 3. The van der Waals surface area contributed by atoms with Crippen molar-refractivity contribution >= 4 is 23.2 Å². The van der Waals surface area contributed by atoms with Crippen LogP contribution in [-0.4, -0.2) is 29.1 Å². The van der Waals surface area contributed by atoms with Gasteiger partial charge in [0.25, 0.3) is 0 Å². The molecule has 0 radical (unpaired) electrons. The van der Waals surface area contributed by atoms with Crippen molar-refractivity contribution in [3.05, 3.63) is 82.4 Å². The molecule has 164 valence electrons. The van der Waals surface area contributed by atoms with E-state index in [0.29, 0.717) is 16.5 Å². The number of benzene rings is 2. The van der Waals surface area contributed by atoms with Gasteiger partial charge >= 0.3 is 0 Å². The molecule has 0 spiro atoms. The van der Waals surface area contributed by atoms with Crippen LogP contribution in [0.25, 0.3) is 0 Å². The smallest absolute Gasteiger partial charge is 0.158 e. The normalized spacial score (nSPS) is 19.8. The Labute approximate surface area is 192 Å². The van der Waals surface area contributed by atoms with Gasteiger partial charge in [0.1, 0.15) is 5.75 Å². The first-order valence-corrected chi connectivity index (χ1v) is 11.2. The Morgan fingerprint density at radius 3 is 2.71 bits per heavy atom. The fraction of sp³-hybridized carbons (Fsp3) is 0.375. The number of halogens is 2. The zero-order chi connectivity index (χ0) is 21.6. The maximum absolute atomic E-state index is 6.54. The topological polar surface area (TPSA) is 45.5 Å². The Morgan fingerprint density at radius 1 is 1.16 bits per heavy atom. The van der Waals surface area contributed by atoms with E-state index in [4.69, 9.17) is 37.4 Å². The van der Waals surface area contributed by atoms with Gasteiger partial charge in [-0.1, -0.05) is 41.4 Å². The predicted octanol–water partition coefficient (Wildman–Crippen LogP) is 6.09. The van der Waals surface area contributed by atoms with Crippen molar-refractivity contribution in [2.75, 3.05) is 7.11 Å². The SMILES string of the molecule is COc1ccc(CC(OC2CCCC(Cn3ccnc3)O2)c2ccc(Cl)cc2Cl)cc1. The average molecular weight is 461 g/mol. The number of rotatable bonds is 8. The third-order valence-corrected chi connectivity index (χ3v) is 6.05. The molecule has 1 fully saturated rings. The first kappa shape index (κ1) is 22.2. The van der Waals surface area contributed by atoms with E-state index in [2.05, 4.69) is 4.98 Å². The van der Waals surface area contributed by atoms with Gasteiger partial charge in [0.05, 0.1) is 25.6 Å². The standard InChI is InChI=1S/C24H26Cl2N2O3/c1-29-19-8-5-17(6-9-19)13-23(21-10-7-18(25)14-22(21)26)31-24-4-2-3-20(30-24)15-28-12-11-27-16-28/h5-12,14,16,20,23-24H,2-4,13,15H2,1H3. The molecule has 5 nitrogen and oxygen atoms in total. The summed E-state index contributed by atoms with van der Waals surface area (Å²) in [6, 6.07) is 13.5. The zero-order valence-electron chi connectivity index (χ0n) is 17.4. The van der Waals surface area contributed by atoms with E-state index in [1.807, 2.05) is 53.5 Å². The summed E-state index contributed by atoms with van der Waals surface area (Å²) < 4.78 is 20.1. The second-order valence-electron chi connectivity index (χ2n) is 7.72. The van der Waals surface area contributed by atoms with Crippen LogP contribution in [0, 0.1) is 0 Å². The summed E-state index contributed by atoms with van der Waals surface area (Å²) in [5, 5.41) is 1.20. The molecule has 7 heteroatoms. The number of nitrogens with zero attached hydrogens (tertiary/aromatic N) is 2. The van der Waals surface area contributed by atoms with Crippen molar-refractivity contribution in [3.63, 3.8) is 0 Å². The molecule has 3 aromatic rings. The molecule has 1 aliphatic heterocycles. The third kappa shape index (κ3) is 6.01. The summed E-state index contributed by atoms with van der Waals surface area (Å²) in [7, 11) is 1.66. The maximum atomic E-state index is 6.54. The van der Waals surface area contributed by atoms with Gasteiger partial charge in [-0.25, -0.2) is 4.98 Å². The van der Waals surface area contributed by atoms with Crippen LogP contribution >= 0.6 is 23.2 Å². The summed E-state index contributed by atoms with van der Waals surface area (Å²) in [4.78, 5) is 4.11. The van der Waals surface area contributed by atoms with Gasteiger partial charge in [-0.2, -0.15) is 0 Å². The van der Waals surface area contributed by atoms with Gasteiger partial charge < -0.3 is 18.8 Å². The van der Waals surface area contributed by atoms with Gasteiger partial charge in [-0.15, -0.1) is 0 Å². The minimum atomic E-state index is -0.294. The number of methoxy groups -OCH3 is 1. The number of hydrogen-bond donors (Lipinski definition) is 0. The van der Waals surface area contributed by atoms with Gasteiger partial charge in [0.2, 0.25) is 0 Å². The van der Waals surface area contributed by atoms with Crippen LogP contribution in [0.4, 0.5) is 0 Å². The van der Waals surface area contributed by atoms with Crippen molar-refractivity contribution < 1.29 is 14.2 Å². The predicted molar refractivity (Wildman–Crippen MR) is 122 cm³/mol. The Kier molecular flexibility index (Phi) is 7.51. The quantitative estimate of drug-likeness (QED) is 0.407. The molecule has 3 atom stereocenters. The Bertz CT molecular complexity index is 963.